The van der Waals surface area contributed by atoms with Gasteiger partial charge in [0, 0.05) is 17.7 Å². The molecular weight excluding hydrogens is 426 g/mol. The van der Waals surface area contributed by atoms with Crippen molar-refractivity contribution in [2.24, 2.45) is 5.41 Å². The van der Waals surface area contributed by atoms with Gasteiger partial charge >= 0.3 is 5.91 Å². The van der Waals surface area contributed by atoms with Crippen molar-refractivity contribution in [2.75, 3.05) is 0 Å². The van der Waals surface area contributed by atoms with Crippen LogP contribution in [0.3, 0.4) is 0 Å². The third-order valence-electron chi connectivity index (χ3n) is 5.26. The first-order valence-corrected chi connectivity index (χ1v) is 10.4. The van der Waals surface area contributed by atoms with Gasteiger partial charge in [-0.2, -0.15) is 0 Å². The molecule has 33 heavy (non-hydrogen) atoms. The first-order chi connectivity index (χ1) is 15.7. The predicted octanol–water partition coefficient (Wildman–Crippen LogP) is 2.78. The number of aromatic amines is 1. The molecule has 9 nitrogen and oxygen atoms in total. The Morgan fingerprint density at radius 3 is 2.52 bits per heavy atom. The van der Waals surface area contributed by atoms with Gasteiger partial charge in [0.15, 0.2) is 11.5 Å². The number of amides is 2. The predicted molar refractivity (Wildman–Crippen MR) is 118 cm³/mol. The van der Waals surface area contributed by atoms with E-state index in [0.29, 0.717) is 35.6 Å². The Kier molecular flexibility index (Phi) is 5.87. The zero-order valence-electron chi connectivity index (χ0n) is 18.2. The van der Waals surface area contributed by atoms with Crippen molar-refractivity contribution in [1.82, 2.24) is 15.8 Å². The maximum atomic E-state index is 12.5. The van der Waals surface area contributed by atoms with E-state index >= 15 is 0 Å². The van der Waals surface area contributed by atoms with Gasteiger partial charge in [-0.15, -0.1) is 0 Å². The molecule has 0 saturated heterocycles. The molecule has 0 fully saturated rings. The van der Waals surface area contributed by atoms with Gasteiger partial charge in [0.05, 0.1) is 0 Å². The van der Waals surface area contributed by atoms with E-state index in [2.05, 4.69) is 15.8 Å². The van der Waals surface area contributed by atoms with Crippen molar-refractivity contribution < 1.29 is 23.5 Å². The highest BCUT2D eigenvalue weighted by atomic mass is 16.5. The molecule has 0 atom stereocenters. The first-order valence-electron chi connectivity index (χ1n) is 10.4. The number of hydrogen-bond donors (Lipinski definition) is 3. The summed E-state index contributed by atoms with van der Waals surface area (Å²) < 4.78 is 11.0. The Morgan fingerprint density at radius 1 is 1.03 bits per heavy atom. The van der Waals surface area contributed by atoms with E-state index in [4.69, 9.17) is 9.15 Å². The topological polar surface area (TPSA) is 130 Å². The summed E-state index contributed by atoms with van der Waals surface area (Å²) >= 11 is 0. The standard InChI is InChI=1S/C24H23N3O6/c1-24(2)11-18-16(19(28)12-24)10-17(21(29)25-18)22(30)26-27-23(31)20-9-8-15(33-20)13-32-14-6-4-3-5-7-14/h3-10H,11-13H2,1-2H3,(H,25,29)(H,26,30)(H,27,31). The number of ketones is 1. The lowest BCUT2D eigenvalue weighted by atomic mass is 9.75. The molecule has 0 radical (unpaired) electrons. The minimum atomic E-state index is -0.843. The van der Waals surface area contributed by atoms with Gasteiger partial charge < -0.3 is 14.1 Å². The van der Waals surface area contributed by atoms with Crippen molar-refractivity contribution in [1.29, 1.82) is 0 Å². The summed E-state index contributed by atoms with van der Waals surface area (Å²) in [6.45, 7) is 4.01. The average molecular weight is 449 g/mol. The molecule has 2 aromatic heterocycles. The van der Waals surface area contributed by atoms with Crippen LogP contribution in [0.1, 0.15) is 63.0 Å². The molecule has 1 aliphatic carbocycles. The third kappa shape index (κ3) is 5.03. The van der Waals surface area contributed by atoms with E-state index in [9.17, 15) is 19.2 Å². The zero-order chi connectivity index (χ0) is 23.6. The smallest absolute Gasteiger partial charge is 0.305 e. The van der Waals surface area contributed by atoms with Crippen LogP contribution in [-0.2, 0) is 13.0 Å². The van der Waals surface area contributed by atoms with Crippen molar-refractivity contribution in [2.45, 2.75) is 33.3 Å². The van der Waals surface area contributed by atoms with Crippen molar-refractivity contribution in [3.05, 3.63) is 87.2 Å². The van der Waals surface area contributed by atoms with Gasteiger partial charge in [0.25, 0.3) is 11.5 Å². The molecule has 0 saturated carbocycles. The van der Waals surface area contributed by atoms with Crippen LogP contribution >= 0.6 is 0 Å². The third-order valence-corrected chi connectivity index (χ3v) is 5.26. The van der Waals surface area contributed by atoms with Gasteiger partial charge in [-0.1, -0.05) is 32.0 Å². The van der Waals surface area contributed by atoms with Gasteiger partial charge in [-0.25, -0.2) is 0 Å². The van der Waals surface area contributed by atoms with Crippen LogP contribution in [0.15, 0.2) is 57.7 Å². The minimum Gasteiger partial charge on any atom is -0.486 e. The number of ether oxygens (including phenoxy) is 1. The lowest BCUT2D eigenvalue weighted by Gasteiger charge is -2.29. The molecule has 4 rings (SSSR count). The number of Topliss-reactive ketones (excluding diaryl/α,β-unsaturated/α-hetero) is 1. The summed E-state index contributed by atoms with van der Waals surface area (Å²) in [7, 11) is 0. The first kappa shape index (κ1) is 22.1. The van der Waals surface area contributed by atoms with E-state index in [1.807, 2.05) is 32.0 Å². The second-order valence-electron chi connectivity index (χ2n) is 8.62. The van der Waals surface area contributed by atoms with Crippen LogP contribution in [0.5, 0.6) is 5.75 Å². The number of carbonyl (C=O) groups excluding carboxylic acids is 3. The highest BCUT2D eigenvalue weighted by Gasteiger charge is 2.32. The summed E-state index contributed by atoms with van der Waals surface area (Å²) in [6, 6.07) is 13.4. The summed E-state index contributed by atoms with van der Waals surface area (Å²) in [5.74, 6) is -0.659. The van der Waals surface area contributed by atoms with E-state index in [0.717, 1.165) is 0 Å². The number of para-hydroxylation sites is 1. The zero-order valence-corrected chi connectivity index (χ0v) is 18.2. The minimum absolute atomic E-state index is 0.0429. The molecule has 1 aliphatic rings. The van der Waals surface area contributed by atoms with Crippen LogP contribution in [-0.4, -0.2) is 22.6 Å². The number of rotatable bonds is 5. The summed E-state index contributed by atoms with van der Waals surface area (Å²) in [5, 5.41) is 0. The van der Waals surface area contributed by atoms with Crippen LogP contribution in [0, 0.1) is 5.41 Å². The number of pyridine rings is 1. The second-order valence-corrected chi connectivity index (χ2v) is 8.62. The molecule has 0 unspecified atom stereocenters. The fraction of sp³-hybridized carbons (Fsp3) is 0.250. The Hall–Kier alpha value is -4.14. The van der Waals surface area contributed by atoms with E-state index in [-0.39, 0.29) is 29.1 Å². The number of nitrogens with one attached hydrogen (secondary N) is 3. The monoisotopic (exact) mass is 449 g/mol. The molecule has 9 heteroatoms. The quantitative estimate of drug-likeness (QED) is 0.514. The molecule has 1 aromatic carbocycles. The molecule has 2 heterocycles. The average Bonchev–Trinajstić information content (AvgIpc) is 3.24. The number of fused-ring (bicyclic) bond motifs is 1. The highest BCUT2D eigenvalue weighted by molar-refractivity contribution is 6.02. The molecule has 3 N–H and O–H groups in total. The van der Waals surface area contributed by atoms with Crippen molar-refractivity contribution >= 4 is 17.6 Å². The lowest BCUT2D eigenvalue weighted by molar-refractivity contribution is 0.0827. The van der Waals surface area contributed by atoms with Crippen LogP contribution in [0.2, 0.25) is 0 Å². The van der Waals surface area contributed by atoms with Gasteiger partial charge in [-0.3, -0.25) is 30.0 Å². The van der Waals surface area contributed by atoms with Crippen molar-refractivity contribution in [3.63, 3.8) is 0 Å². The van der Waals surface area contributed by atoms with Crippen LogP contribution in [0.4, 0.5) is 0 Å². The Balaban J connectivity index is 1.38. The SMILES string of the molecule is CC1(C)CC(=O)c2cc(C(=O)NNC(=O)c3ccc(COc4ccccc4)o3)c(=O)[nH]c2C1. The Labute approximate surface area is 189 Å². The van der Waals surface area contributed by atoms with E-state index < -0.39 is 17.4 Å². The number of hydrogen-bond acceptors (Lipinski definition) is 6. The molecule has 3 aromatic rings. The number of furan rings is 1. The van der Waals surface area contributed by atoms with Gasteiger partial charge in [0.1, 0.15) is 23.7 Å². The summed E-state index contributed by atoms with van der Waals surface area (Å²) in [4.78, 5) is 52.2. The fourth-order valence-electron chi connectivity index (χ4n) is 3.69. The van der Waals surface area contributed by atoms with Gasteiger partial charge in [-0.05, 0) is 42.2 Å². The molecule has 0 aliphatic heterocycles. The molecular formula is C24H23N3O6. The maximum absolute atomic E-state index is 12.5. The number of H-pyrrole nitrogens is 1. The number of aromatic nitrogens is 1. The van der Waals surface area contributed by atoms with Crippen LogP contribution < -0.4 is 21.1 Å². The fourth-order valence-corrected chi connectivity index (χ4v) is 3.69. The molecule has 170 valence electrons. The van der Waals surface area contributed by atoms with E-state index in [1.165, 1.54) is 12.1 Å². The normalized spacial score (nSPS) is 14.3. The number of carbonyl (C=O) groups is 3. The van der Waals surface area contributed by atoms with Gasteiger partial charge in [0.2, 0.25) is 0 Å². The summed E-state index contributed by atoms with van der Waals surface area (Å²) in [6.07, 6.45) is 0.843. The number of benzene rings is 1. The van der Waals surface area contributed by atoms with Crippen molar-refractivity contribution in [3.8, 4) is 5.75 Å². The summed E-state index contributed by atoms with van der Waals surface area (Å²) in [5.41, 5.74) is 4.06. The highest BCUT2D eigenvalue weighted by Crippen LogP contribution is 2.33. The molecule has 0 bridgehead atoms. The van der Waals surface area contributed by atoms with E-state index in [1.54, 1.807) is 18.2 Å². The molecule has 0 spiro atoms. The largest absolute Gasteiger partial charge is 0.486 e. The molecule has 2 amide bonds. The second kappa shape index (κ2) is 8.78. The lowest BCUT2D eigenvalue weighted by Crippen LogP contribution is -2.43. The Bertz CT molecular complexity index is 1270. The van der Waals surface area contributed by atoms with Crippen LogP contribution in [0.25, 0.3) is 0 Å². The number of hydrazine groups is 1. The Morgan fingerprint density at radius 2 is 1.76 bits per heavy atom. The maximum Gasteiger partial charge on any atom is 0.305 e.